The van der Waals surface area contributed by atoms with Gasteiger partial charge in [-0.2, -0.15) is 0 Å². The average Bonchev–Trinajstić information content (AvgIpc) is 2.91. The maximum Gasteiger partial charge on any atom is 0.0934 e. The second-order valence-electron chi connectivity index (χ2n) is 5.44. The monoisotopic (exact) mass is 291 g/mol. The van der Waals surface area contributed by atoms with E-state index in [4.69, 9.17) is 11.6 Å². The molecule has 2 aromatic rings. The van der Waals surface area contributed by atoms with Gasteiger partial charge in [-0.25, -0.2) is 0 Å². The normalized spacial score (nSPS) is 17.8. The second kappa shape index (κ2) is 5.18. The van der Waals surface area contributed by atoms with Crippen LogP contribution in [0.3, 0.4) is 0 Å². The number of anilines is 1. The van der Waals surface area contributed by atoms with Gasteiger partial charge in [-0.3, -0.25) is 0 Å². The van der Waals surface area contributed by atoms with Gasteiger partial charge in [-0.15, -0.1) is 11.3 Å². The van der Waals surface area contributed by atoms with Crippen molar-refractivity contribution in [2.24, 2.45) is 0 Å². The van der Waals surface area contributed by atoms with E-state index in [0.29, 0.717) is 12.0 Å². The number of benzene rings is 1. The van der Waals surface area contributed by atoms with Gasteiger partial charge in [0.15, 0.2) is 0 Å². The lowest BCUT2D eigenvalue weighted by Gasteiger charge is -2.15. The molecule has 1 aromatic heterocycles. The first-order valence-electron chi connectivity index (χ1n) is 6.78. The van der Waals surface area contributed by atoms with E-state index in [1.165, 1.54) is 28.1 Å². The zero-order chi connectivity index (χ0) is 13.4. The van der Waals surface area contributed by atoms with Crippen LogP contribution in [0.1, 0.15) is 48.2 Å². The third-order valence-electron chi connectivity index (χ3n) is 3.77. The molecule has 0 radical (unpaired) electrons. The maximum absolute atomic E-state index is 6.09. The molecule has 1 heterocycles. The molecule has 0 bridgehead atoms. The second-order valence-corrected chi connectivity index (χ2v) is 7.21. The van der Waals surface area contributed by atoms with Crippen LogP contribution in [0.4, 0.5) is 5.69 Å². The molecule has 1 nitrogen and oxygen atoms in total. The average molecular weight is 292 g/mol. The Labute approximate surface area is 123 Å². The van der Waals surface area contributed by atoms with E-state index in [2.05, 4.69) is 49.5 Å². The lowest BCUT2D eigenvalue weighted by atomic mass is 10.0. The van der Waals surface area contributed by atoms with E-state index in [0.717, 1.165) is 10.8 Å². The number of fused-ring (bicyclic) bond motifs is 1. The fraction of sp³-hybridized carbons (Fsp3) is 0.375. The van der Waals surface area contributed by atoms with E-state index in [9.17, 15) is 0 Å². The van der Waals surface area contributed by atoms with Gasteiger partial charge in [0.05, 0.1) is 10.4 Å². The highest BCUT2D eigenvalue weighted by Crippen LogP contribution is 2.40. The molecule has 1 atom stereocenters. The van der Waals surface area contributed by atoms with Gasteiger partial charge in [0, 0.05) is 10.6 Å². The molecule has 1 N–H and O–H groups in total. The van der Waals surface area contributed by atoms with Crippen molar-refractivity contribution in [1.82, 2.24) is 0 Å². The molecule has 0 saturated heterocycles. The minimum Gasteiger partial charge on any atom is -0.378 e. The number of halogens is 1. The van der Waals surface area contributed by atoms with Crippen molar-refractivity contribution in [2.75, 3.05) is 5.32 Å². The third-order valence-corrected chi connectivity index (χ3v) is 5.11. The quantitative estimate of drug-likeness (QED) is 0.773. The summed E-state index contributed by atoms with van der Waals surface area (Å²) < 4.78 is 0.909. The van der Waals surface area contributed by atoms with Gasteiger partial charge in [-0.05, 0) is 48.1 Å². The Hall–Kier alpha value is -0.990. The fourth-order valence-electron chi connectivity index (χ4n) is 2.65. The summed E-state index contributed by atoms with van der Waals surface area (Å²) in [7, 11) is 0. The number of hydrogen-bond acceptors (Lipinski definition) is 2. The van der Waals surface area contributed by atoms with Crippen molar-refractivity contribution < 1.29 is 0 Å². The predicted octanol–water partition coefficient (Wildman–Crippen LogP) is 5.62. The minimum absolute atomic E-state index is 0.420. The van der Waals surface area contributed by atoms with Crippen LogP contribution in [0.25, 0.3) is 0 Å². The Balaban J connectivity index is 1.75. The van der Waals surface area contributed by atoms with Crippen molar-refractivity contribution in [3.63, 3.8) is 0 Å². The summed E-state index contributed by atoms with van der Waals surface area (Å²) in [5.41, 5.74) is 3.98. The van der Waals surface area contributed by atoms with Crippen LogP contribution in [0.2, 0.25) is 4.34 Å². The summed E-state index contributed by atoms with van der Waals surface area (Å²) in [6.07, 6.45) is 2.32. The zero-order valence-electron chi connectivity index (χ0n) is 11.2. The van der Waals surface area contributed by atoms with Crippen molar-refractivity contribution in [1.29, 1.82) is 0 Å². The summed E-state index contributed by atoms with van der Waals surface area (Å²) in [6.45, 7) is 4.44. The molecule has 0 aliphatic heterocycles. The molecule has 3 heteroatoms. The van der Waals surface area contributed by atoms with E-state index in [1.54, 1.807) is 11.3 Å². The molecule has 0 spiro atoms. The van der Waals surface area contributed by atoms with Crippen LogP contribution in [0.15, 0.2) is 30.3 Å². The van der Waals surface area contributed by atoms with Crippen molar-refractivity contribution >= 4 is 28.6 Å². The van der Waals surface area contributed by atoms with Crippen LogP contribution in [-0.4, -0.2) is 0 Å². The van der Waals surface area contributed by atoms with Gasteiger partial charge < -0.3 is 5.32 Å². The van der Waals surface area contributed by atoms with Gasteiger partial charge in [0.1, 0.15) is 0 Å². The summed E-state index contributed by atoms with van der Waals surface area (Å²) in [5.74, 6) is 0.586. The molecule has 0 amide bonds. The topological polar surface area (TPSA) is 12.0 Å². The molecule has 3 rings (SSSR count). The van der Waals surface area contributed by atoms with Gasteiger partial charge in [-0.1, -0.05) is 37.6 Å². The molecule has 100 valence electrons. The van der Waals surface area contributed by atoms with Crippen LogP contribution < -0.4 is 5.32 Å². The zero-order valence-corrected chi connectivity index (χ0v) is 12.8. The molecule has 1 aromatic carbocycles. The number of hydrogen-bond donors (Lipinski definition) is 1. The molecule has 0 fully saturated rings. The Kier molecular flexibility index (Phi) is 3.55. The Bertz CT molecular complexity index is 571. The highest BCUT2D eigenvalue weighted by Gasteiger charge is 2.24. The number of aryl methyl sites for hydroxylation is 1. The summed E-state index contributed by atoms with van der Waals surface area (Å²) in [4.78, 5) is 1.45. The van der Waals surface area contributed by atoms with Crippen molar-refractivity contribution in [3.05, 3.63) is 50.7 Å². The van der Waals surface area contributed by atoms with Crippen LogP contribution in [0, 0.1) is 0 Å². The lowest BCUT2D eigenvalue weighted by Crippen LogP contribution is -2.06. The van der Waals surface area contributed by atoms with E-state index in [1.807, 2.05) is 0 Å². The molecular weight excluding hydrogens is 274 g/mol. The van der Waals surface area contributed by atoms with Crippen LogP contribution in [-0.2, 0) is 6.42 Å². The molecule has 19 heavy (non-hydrogen) atoms. The van der Waals surface area contributed by atoms with E-state index < -0.39 is 0 Å². The third kappa shape index (κ3) is 2.65. The Morgan fingerprint density at radius 1 is 1.26 bits per heavy atom. The largest absolute Gasteiger partial charge is 0.378 e. The molecular formula is C16H18ClNS. The first-order valence-corrected chi connectivity index (χ1v) is 7.97. The Morgan fingerprint density at radius 3 is 2.68 bits per heavy atom. The summed E-state index contributed by atoms with van der Waals surface area (Å²) in [6, 6.07) is 11.3. The minimum atomic E-state index is 0.420. The van der Waals surface area contributed by atoms with Gasteiger partial charge in [0.25, 0.3) is 0 Å². The standard InChI is InChI=1S/C16H18ClNS/c1-10(2)11-3-5-12(6-4-11)18-14-7-8-15-13(14)9-16(17)19-15/h3-6,9-10,14,18H,7-8H2,1-2H3. The van der Waals surface area contributed by atoms with E-state index >= 15 is 0 Å². The molecule has 1 unspecified atom stereocenters. The SMILES string of the molecule is CC(C)c1ccc(NC2CCc3sc(Cl)cc32)cc1. The summed E-state index contributed by atoms with van der Waals surface area (Å²) in [5, 5.41) is 3.62. The first-order chi connectivity index (χ1) is 9.13. The van der Waals surface area contributed by atoms with Gasteiger partial charge >= 0.3 is 0 Å². The Morgan fingerprint density at radius 2 is 2.00 bits per heavy atom. The lowest BCUT2D eigenvalue weighted by molar-refractivity contribution is 0.762. The van der Waals surface area contributed by atoms with Crippen molar-refractivity contribution in [2.45, 2.75) is 38.6 Å². The first kappa shape index (κ1) is 13.0. The maximum atomic E-state index is 6.09. The smallest absolute Gasteiger partial charge is 0.0934 e. The number of nitrogens with one attached hydrogen (secondary N) is 1. The molecule has 1 aliphatic rings. The number of thiophene rings is 1. The molecule has 1 aliphatic carbocycles. The fourth-order valence-corrected chi connectivity index (χ4v) is 4.00. The highest BCUT2D eigenvalue weighted by molar-refractivity contribution is 7.16. The molecule has 0 saturated carbocycles. The van der Waals surface area contributed by atoms with Crippen molar-refractivity contribution in [3.8, 4) is 0 Å². The van der Waals surface area contributed by atoms with E-state index in [-0.39, 0.29) is 0 Å². The number of rotatable bonds is 3. The van der Waals surface area contributed by atoms with Crippen LogP contribution >= 0.6 is 22.9 Å². The highest BCUT2D eigenvalue weighted by atomic mass is 35.5. The predicted molar refractivity (Wildman–Crippen MR) is 84.5 cm³/mol. The van der Waals surface area contributed by atoms with Crippen LogP contribution in [0.5, 0.6) is 0 Å². The summed E-state index contributed by atoms with van der Waals surface area (Å²) >= 11 is 7.82. The van der Waals surface area contributed by atoms with Gasteiger partial charge in [0.2, 0.25) is 0 Å².